The minimum Gasteiger partial charge on any atom is -0.459 e. The van der Waals surface area contributed by atoms with Crippen molar-refractivity contribution >= 4 is 23.1 Å². The molecule has 0 aliphatic carbocycles. The van der Waals surface area contributed by atoms with Crippen LogP contribution in [0.15, 0.2) is 9.59 Å². The molecule has 1 fully saturated rings. The van der Waals surface area contributed by atoms with Crippen molar-refractivity contribution in [2.24, 2.45) is 12.8 Å². The Labute approximate surface area is 217 Å². The number of aryl methyl sites for hydroxylation is 1. The molecule has 1 saturated heterocycles. The third-order valence-electron chi connectivity index (χ3n) is 6.33. The van der Waals surface area contributed by atoms with Crippen LogP contribution in [0, 0.1) is 40.9 Å². The lowest BCUT2D eigenvalue weighted by atomic mass is 10.1. The molecule has 208 valence electrons. The maximum atomic E-state index is 13.9. The Morgan fingerprint density at radius 2 is 1.72 bits per heavy atom. The summed E-state index contributed by atoms with van der Waals surface area (Å²) in [5, 5.41) is 0. The highest BCUT2D eigenvalue weighted by molar-refractivity contribution is 5.76. The molecule has 2 aromatic heterocycles. The molecule has 1 aliphatic rings. The smallest absolute Gasteiger partial charge is 0.333 e. The van der Waals surface area contributed by atoms with Gasteiger partial charge in [-0.05, 0) is 19.8 Å². The number of carbonyl (C=O) groups is 1. The van der Waals surface area contributed by atoms with Gasteiger partial charge in [0, 0.05) is 26.2 Å². The van der Waals surface area contributed by atoms with E-state index in [4.69, 9.17) is 5.73 Å². The molecule has 1 aromatic carbocycles. The Kier molecular flexibility index (Phi) is 7.77. The number of aromatic nitrogens is 4. The van der Waals surface area contributed by atoms with Crippen molar-refractivity contribution in [3.8, 4) is 11.8 Å². The third kappa shape index (κ3) is 4.99. The van der Waals surface area contributed by atoms with Gasteiger partial charge in [-0.2, -0.15) is 4.98 Å². The predicted octanol–water partition coefficient (Wildman–Crippen LogP) is 1.29. The molecule has 2 N–H and O–H groups in total. The van der Waals surface area contributed by atoms with Gasteiger partial charge in [-0.1, -0.05) is 5.92 Å². The van der Waals surface area contributed by atoms with Crippen LogP contribution in [0.25, 0.3) is 11.2 Å². The quantitative estimate of drug-likeness (QED) is 0.160. The van der Waals surface area contributed by atoms with Crippen LogP contribution in [0.1, 0.15) is 25.3 Å². The molecule has 0 bridgehead atoms. The number of esters is 1. The molecule has 3 heterocycles. The molecule has 1 aliphatic heterocycles. The summed E-state index contributed by atoms with van der Waals surface area (Å²) in [6.45, 7) is 0.352. The highest BCUT2D eigenvalue weighted by Gasteiger charge is 2.28. The minimum absolute atomic E-state index is 0.0306. The number of rotatable bonds is 6. The maximum absolute atomic E-state index is 13.9. The summed E-state index contributed by atoms with van der Waals surface area (Å²) in [6.07, 6.45) is 1.59. The third-order valence-corrected chi connectivity index (χ3v) is 6.33. The lowest BCUT2D eigenvalue weighted by Crippen LogP contribution is -2.44. The van der Waals surface area contributed by atoms with Crippen molar-refractivity contribution < 1.29 is 31.5 Å². The fourth-order valence-electron chi connectivity index (χ4n) is 4.34. The summed E-state index contributed by atoms with van der Waals surface area (Å²) in [4.78, 5) is 45.2. The number of nitrogens with two attached hydrogens (primary N) is 1. The molecule has 0 spiro atoms. The fraction of sp³-hybridized carbons (Fsp3) is 0.417. The van der Waals surface area contributed by atoms with E-state index in [1.54, 1.807) is 6.92 Å². The van der Waals surface area contributed by atoms with E-state index >= 15 is 0 Å². The number of anilines is 1. The number of carbonyl (C=O) groups excluding carboxylic acids is 1. The van der Waals surface area contributed by atoms with Crippen LogP contribution in [-0.2, 0) is 36.3 Å². The van der Waals surface area contributed by atoms with Gasteiger partial charge in [0.25, 0.3) is 5.56 Å². The molecule has 4 rings (SSSR count). The van der Waals surface area contributed by atoms with Crippen molar-refractivity contribution in [2.45, 2.75) is 45.5 Å². The highest BCUT2D eigenvalue weighted by atomic mass is 19.2. The molecule has 10 nitrogen and oxygen atoms in total. The molecule has 39 heavy (non-hydrogen) atoms. The first-order valence-corrected chi connectivity index (χ1v) is 11.7. The van der Waals surface area contributed by atoms with E-state index in [0.29, 0.717) is 23.6 Å². The second-order valence-electron chi connectivity index (χ2n) is 8.89. The largest absolute Gasteiger partial charge is 0.459 e. The van der Waals surface area contributed by atoms with Crippen LogP contribution in [0.2, 0.25) is 0 Å². The van der Waals surface area contributed by atoms with E-state index < -0.39 is 65.0 Å². The first-order valence-electron chi connectivity index (χ1n) is 11.7. The van der Waals surface area contributed by atoms with Gasteiger partial charge in [0.2, 0.25) is 11.8 Å². The van der Waals surface area contributed by atoms with E-state index in [0.717, 1.165) is 17.4 Å². The fourth-order valence-corrected chi connectivity index (χ4v) is 4.34. The molecule has 1 unspecified atom stereocenters. The predicted molar refractivity (Wildman–Crippen MR) is 128 cm³/mol. The average Bonchev–Trinajstić information content (AvgIpc) is 3.30. The number of halogens is 5. The van der Waals surface area contributed by atoms with Crippen LogP contribution < -0.4 is 21.9 Å². The summed E-state index contributed by atoms with van der Waals surface area (Å²) in [5.74, 6) is -6.51. The first-order chi connectivity index (χ1) is 18.5. The Morgan fingerprint density at radius 3 is 2.33 bits per heavy atom. The summed E-state index contributed by atoms with van der Waals surface area (Å²) in [5.41, 5.74) is 2.84. The number of benzene rings is 1. The molecule has 0 amide bonds. The van der Waals surface area contributed by atoms with Gasteiger partial charge in [-0.15, -0.1) is 5.92 Å². The van der Waals surface area contributed by atoms with E-state index in [-0.39, 0.29) is 23.8 Å². The Hall–Kier alpha value is -4.19. The zero-order valence-corrected chi connectivity index (χ0v) is 20.9. The molecule has 0 radical (unpaired) electrons. The van der Waals surface area contributed by atoms with Crippen molar-refractivity contribution in [2.75, 3.05) is 18.0 Å². The van der Waals surface area contributed by atoms with Crippen molar-refractivity contribution in [1.29, 1.82) is 0 Å². The second-order valence-corrected chi connectivity index (χ2v) is 8.89. The van der Waals surface area contributed by atoms with Crippen LogP contribution in [0.4, 0.5) is 27.9 Å². The van der Waals surface area contributed by atoms with Crippen LogP contribution in [-0.4, -0.2) is 43.8 Å². The van der Waals surface area contributed by atoms with Crippen molar-refractivity contribution in [3.05, 3.63) is 55.5 Å². The van der Waals surface area contributed by atoms with Gasteiger partial charge in [-0.3, -0.25) is 18.7 Å². The minimum atomic E-state index is -2.36. The summed E-state index contributed by atoms with van der Waals surface area (Å²) in [7, 11) is 1.33. The van der Waals surface area contributed by atoms with Crippen molar-refractivity contribution in [3.63, 3.8) is 0 Å². The Balaban J connectivity index is 1.71. The molecule has 3 aromatic rings. The number of imidazole rings is 1. The van der Waals surface area contributed by atoms with E-state index in [1.807, 2.05) is 4.90 Å². The zero-order chi connectivity index (χ0) is 28.6. The van der Waals surface area contributed by atoms with Crippen molar-refractivity contribution in [1.82, 2.24) is 18.7 Å². The van der Waals surface area contributed by atoms with E-state index in [2.05, 4.69) is 21.6 Å². The van der Waals surface area contributed by atoms with E-state index in [1.165, 1.54) is 11.6 Å². The topological polar surface area (TPSA) is 117 Å². The molecular weight excluding hydrogens is 531 g/mol. The number of ether oxygens (including phenoxy) is 1. The van der Waals surface area contributed by atoms with Gasteiger partial charge in [0.05, 0.1) is 12.1 Å². The summed E-state index contributed by atoms with van der Waals surface area (Å²) < 4.78 is 75.7. The number of hydrogen-bond donors (Lipinski definition) is 1. The van der Waals surface area contributed by atoms with Gasteiger partial charge in [0.15, 0.2) is 34.4 Å². The van der Waals surface area contributed by atoms with Crippen LogP contribution in [0.3, 0.4) is 0 Å². The normalized spacial score (nSPS) is 15.4. The average molecular weight is 554 g/mol. The summed E-state index contributed by atoms with van der Waals surface area (Å²) >= 11 is 0. The Morgan fingerprint density at radius 1 is 1.08 bits per heavy atom. The standard InChI is InChI=1S/C24H23F5N6O4/c1-3-4-8-34-20-21(31-23(34)33-7-5-6-12(30)9-33)32(2)24(38)35(22(20)37)10-14(36)39-11-13-15(25)17(27)19(29)18(28)16(13)26/h12H,5-11,30H2,1-2H3. The molecule has 0 saturated carbocycles. The van der Waals surface area contributed by atoms with Gasteiger partial charge < -0.3 is 15.4 Å². The lowest BCUT2D eigenvalue weighted by Gasteiger charge is -2.31. The first kappa shape index (κ1) is 27.8. The second kappa shape index (κ2) is 10.9. The summed E-state index contributed by atoms with van der Waals surface area (Å²) in [6, 6.07) is -0.128. The SMILES string of the molecule is CC#CCn1c(N2CCCC(N)C2)nc2c1c(=O)n(CC(=O)OCc1c(F)c(F)c(F)c(F)c1F)c(=O)n2C. The lowest BCUT2D eigenvalue weighted by molar-refractivity contribution is -0.146. The molecular formula is C24H23F5N6O4. The maximum Gasteiger partial charge on any atom is 0.333 e. The van der Waals surface area contributed by atoms with Crippen LogP contribution >= 0.6 is 0 Å². The van der Waals surface area contributed by atoms with Gasteiger partial charge >= 0.3 is 11.7 Å². The Bertz CT molecular complexity index is 1620. The van der Waals surface area contributed by atoms with Gasteiger partial charge in [0.1, 0.15) is 13.2 Å². The molecule has 1 atom stereocenters. The van der Waals surface area contributed by atoms with Gasteiger partial charge in [-0.25, -0.2) is 31.3 Å². The molecule has 15 heteroatoms. The van der Waals surface area contributed by atoms with E-state index in [9.17, 15) is 36.3 Å². The van der Waals surface area contributed by atoms with Crippen LogP contribution in [0.5, 0.6) is 0 Å². The number of piperidine rings is 1. The number of hydrogen-bond acceptors (Lipinski definition) is 7. The monoisotopic (exact) mass is 554 g/mol. The highest BCUT2D eigenvalue weighted by Crippen LogP contribution is 2.24. The number of fused-ring (bicyclic) bond motifs is 1. The number of nitrogens with zero attached hydrogens (tertiary/aromatic N) is 5. The zero-order valence-electron chi connectivity index (χ0n) is 20.9.